The van der Waals surface area contributed by atoms with E-state index in [1.807, 2.05) is 27.7 Å². The summed E-state index contributed by atoms with van der Waals surface area (Å²) in [4.78, 5) is 39.5. The van der Waals surface area contributed by atoms with Crippen LogP contribution in [0.1, 0.15) is 47.5 Å². The van der Waals surface area contributed by atoms with Crippen LogP contribution in [0.2, 0.25) is 0 Å². The van der Waals surface area contributed by atoms with Crippen molar-refractivity contribution in [1.82, 2.24) is 15.1 Å². The Kier molecular flexibility index (Phi) is 6.33. The number of carbonyl (C=O) groups is 3. The molecule has 1 rings (SSSR count). The summed E-state index contributed by atoms with van der Waals surface area (Å²) in [7, 11) is 0. The number of nitrogens with zero attached hydrogens (tertiary/aromatic N) is 2. The molecule has 1 saturated heterocycles. The smallest absolute Gasteiger partial charge is 0.247 e. The van der Waals surface area contributed by atoms with Crippen LogP contribution in [-0.2, 0) is 14.4 Å². The van der Waals surface area contributed by atoms with Crippen LogP contribution in [0.3, 0.4) is 0 Å². The van der Waals surface area contributed by atoms with Gasteiger partial charge in [0, 0.05) is 19.1 Å². The van der Waals surface area contributed by atoms with Crippen LogP contribution in [0.5, 0.6) is 0 Å². The zero-order valence-electron chi connectivity index (χ0n) is 13.7. The molecule has 120 valence electrons. The van der Waals surface area contributed by atoms with Gasteiger partial charge < -0.3 is 4.90 Å². The molecular formula is C15H27N3O3. The molecule has 0 radical (unpaired) electrons. The van der Waals surface area contributed by atoms with Crippen molar-refractivity contribution in [3.05, 3.63) is 0 Å². The molecule has 3 unspecified atom stereocenters. The first-order chi connectivity index (χ1) is 9.87. The second-order valence-corrected chi connectivity index (χ2v) is 5.51. The van der Waals surface area contributed by atoms with Crippen LogP contribution < -0.4 is 5.32 Å². The molecule has 6 heteroatoms. The van der Waals surface area contributed by atoms with Crippen molar-refractivity contribution in [3.63, 3.8) is 0 Å². The Hall–Kier alpha value is -1.43. The Morgan fingerprint density at radius 2 is 1.86 bits per heavy atom. The van der Waals surface area contributed by atoms with Crippen molar-refractivity contribution in [3.8, 4) is 0 Å². The second-order valence-electron chi connectivity index (χ2n) is 5.51. The van der Waals surface area contributed by atoms with E-state index in [1.165, 1.54) is 4.90 Å². The minimum absolute atomic E-state index is 0.0396. The van der Waals surface area contributed by atoms with E-state index in [0.717, 1.165) is 6.42 Å². The van der Waals surface area contributed by atoms with Gasteiger partial charge in [0.1, 0.15) is 0 Å². The number of hydrogen-bond donors (Lipinski definition) is 1. The van der Waals surface area contributed by atoms with Crippen molar-refractivity contribution >= 4 is 17.7 Å². The molecule has 0 aromatic carbocycles. The molecule has 3 amide bonds. The number of rotatable bonds is 7. The van der Waals surface area contributed by atoms with E-state index in [0.29, 0.717) is 13.1 Å². The fraction of sp³-hybridized carbons (Fsp3) is 0.800. The number of nitrogens with one attached hydrogen (secondary N) is 1. The summed E-state index contributed by atoms with van der Waals surface area (Å²) in [5.41, 5.74) is 0. The van der Waals surface area contributed by atoms with E-state index in [1.54, 1.807) is 11.8 Å². The lowest BCUT2D eigenvalue weighted by Crippen LogP contribution is -2.51. The van der Waals surface area contributed by atoms with Gasteiger partial charge in [0.25, 0.3) is 0 Å². The average Bonchev–Trinajstić information content (AvgIpc) is 2.73. The minimum atomic E-state index is -0.582. The van der Waals surface area contributed by atoms with Gasteiger partial charge in [0.15, 0.2) is 0 Å². The maximum Gasteiger partial charge on any atom is 0.247 e. The summed E-state index contributed by atoms with van der Waals surface area (Å²) in [5, 5.41) is 3.01. The maximum absolute atomic E-state index is 12.3. The molecule has 6 nitrogen and oxygen atoms in total. The van der Waals surface area contributed by atoms with Gasteiger partial charge in [0.2, 0.25) is 17.7 Å². The summed E-state index contributed by atoms with van der Waals surface area (Å²) in [6.45, 7) is 10.7. The zero-order valence-corrected chi connectivity index (χ0v) is 13.7. The van der Waals surface area contributed by atoms with Crippen molar-refractivity contribution in [2.75, 3.05) is 13.1 Å². The van der Waals surface area contributed by atoms with Crippen LogP contribution in [0, 0.1) is 0 Å². The van der Waals surface area contributed by atoms with E-state index in [2.05, 4.69) is 5.32 Å². The summed E-state index contributed by atoms with van der Waals surface area (Å²) in [5.74, 6) is -0.412. The van der Waals surface area contributed by atoms with Crippen LogP contribution in [-0.4, -0.2) is 58.7 Å². The topological polar surface area (TPSA) is 69.7 Å². The van der Waals surface area contributed by atoms with Crippen LogP contribution in [0.25, 0.3) is 0 Å². The number of likely N-dealkylation sites (tertiary alicyclic amines) is 1. The highest BCUT2D eigenvalue weighted by molar-refractivity contribution is 6.06. The third kappa shape index (κ3) is 3.81. The lowest BCUT2D eigenvalue weighted by atomic mass is 10.2. The molecule has 21 heavy (non-hydrogen) atoms. The number of hydrogen-bond acceptors (Lipinski definition) is 4. The molecule has 1 aliphatic rings. The molecule has 1 heterocycles. The Labute approximate surface area is 126 Å². The first kappa shape index (κ1) is 17.6. The molecule has 3 atom stereocenters. The Morgan fingerprint density at radius 3 is 2.33 bits per heavy atom. The molecule has 1 N–H and O–H groups in total. The molecule has 0 aromatic rings. The number of likely N-dealkylation sites (N-methyl/N-ethyl adjacent to an activating group) is 1. The predicted octanol–water partition coefficient (Wildman–Crippen LogP) is 0.759. The van der Waals surface area contributed by atoms with Gasteiger partial charge >= 0.3 is 0 Å². The Balaban J connectivity index is 2.70. The molecular weight excluding hydrogens is 270 g/mol. The number of carbonyl (C=O) groups excluding carboxylic acids is 3. The van der Waals surface area contributed by atoms with Gasteiger partial charge in [-0.2, -0.15) is 0 Å². The van der Waals surface area contributed by atoms with Crippen molar-refractivity contribution < 1.29 is 14.4 Å². The summed E-state index contributed by atoms with van der Waals surface area (Å²) < 4.78 is 0. The van der Waals surface area contributed by atoms with E-state index in [-0.39, 0.29) is 30.2 Å². The van der Waals surface area contributed by atoms with Crippen LogP contribution in [0.15, 0.2) is 0 Å². The maximum atomic E-state index is 12.3. The summed E-state index contributed by atoms with van der Waals surface area (Å²) in [6, 6.07) is -1.14. The fourth-order valence-corrected chi connectivity index (χ4v) is 2.61. The van der Waals surface area contributed by atoms with Gasteiger partial charge in [-0.15, -0.1) is 0 Å². The Bertz CT molecular complexity index is 407. The highest BCUT2D eigenvalue weighted by Crippen LogP contribution is 2.18. The molecule has 0 spiro atoms. The van der Waals surface area contributed by atoms with Crippen LogP contribution >= 0.6 is 0 Å². The van der Waals surface area contributed by atoms with Crippen molar-refractivity contribution in [2.45, 2.75) is 65.6 Å². The number of amides is 3. The quantitative estimate of drug-likeness (QED) is 0.704. The monoisotopic (exact) mass is 297 g/mol. The highest BCUT2D eigenvalue weighted by atomic mass is 16.2. The summed E-state index contributed by atoms with van der Waals surface area (Å²) >= 11 is 0. The molecule has 0 aliphatic carbocycles. The van der Waals surface area contributed by atoms with E-state index < -0.39 is 12.1 Å². The number of imide groups is 1. The minimum Gasteiger partial charge on any atom is -0.342 e. The van der Waals surface area contributed by atoms with E-state index in [9.17, 15) is 14.4 Å². The first-order valence-electron chi connectivity index (χ1n) is 7.77. The zero-order chi connectivity index (χ0) is 16.2. The third-order valence-electron chi connectivity index (χ3n) is 4.11. The molecule has 0 aromatic heterocycles. The van der Waals surface area contributed by atoms with Crippen molar-refractivity contribution in [1.29, 1.82) is 0 Å². The molecule has 1 fully saturated rings. The lowest BCUT2D eigenvalue weighted by molar-refractivity contribution is -0.141. The lowest BCUT2D eigenvalue weighted by Gasteiger charge is -2.26. The SMILES string of the molecule is CCC(C)N1C(=O)CC(NC(C)C(=O)N(CC)CC)C1=O. The average molecular weight is 297 g/mol. The van der Waals surface area contributed by atoms with Gasteiger partial charge in [-0.25, -0.2) is 0 Å². The molecule has 1 aliphatic heterocycles. The highest BCUT2D eigenvalue weighted by Gasteiger charge is 2.41. The van der Waals surface area contributed by atoms with Crippen LogP contribution in [0.4, 0.5) is 0 Å². The van der Waals surface area contributed by atoms with Gasteiger partial charge in [-0.05, 0) is 34.1 Å². The normalized spacial score (nSPS) is 21.6. The van der Waals surface area contributed by atoms with Gasteiger partial charge in [-0.1, -0.05) is 6.92 Å². The van der Waals surface area contributed by atoms with Crippen molar-refractivity contribution in [2.24, 2.45) is 0 Å². The van der Waals surface area contributed by atoms with E-state index in [4.69, 9.17) is 0 Å². The largest absolute Gasteiger partial charge is 0.342 e. The molecule has 0 saturated carbocycles. The Morgan fingerprint density at radius 1 is 1.29 bits per heavy atom. The fourth-order valence-electron chi connectivity index (χ4n) is 2.61. The second kappa shape index (κ2) is 7.54. The van der Waals surface area contributed by atoms with E-state index >= 15 is 0 Å². The first-order valence-corrected chi connectivity index (χ1v) is 7.77. The molecule has 0 bridgehead atoms. The third-order valence-corrected chi connectivity index (χ3v) is 4.11. The van der Waals surface area contributed by atoms with Gasteiger partial charge in [0.05, 0.1) is 18.5 Å². The van der Waals surface area contributed by atoms with Gasteiger partial charge in [-0.3, -0.25) is 24.6 Å². The standard InChI is InChI=1S/C15H27N3O3/c1-6-10(4)18-13(19)9-12(15(18)21)16-11(5)14(20)17(7-2)8-3/h10-12,16H,6-9H2,1-5H3. The predicted molar refractivity (Wildman–Crippen MR) is 80.5 cm³/mol. The summed E-state index contributed by atoms with van der Waals surface area (Å²) in [6.07, 6.45) is 0.872.